The fraction of sp³-hybridized carbons (Fsp3) is 0.774. The van der Waals surface area contributed by atoms with Crippen molar-refractivity contribution in [2.75, 3.05) is 0 Å². The Morgan fingerprint density at radius 1 is 1.14 bits per heavy atom. The van der Waals surface area contributed by atoms with Gasteiger partial charge in [-0.2, -0.15) is 0 Å². The zero-order chi connectivity index (χ0) is 26.0. The van der Waals surface area contributed by atoms with Crippen LogP contribution in [0.5, 0.6) is 0 Å². The van der Waals surface area contributed by atoms with Crippen LogP contribution in [0.1, 0.15) is 93.4 Å². The van der Waals surface area contributed by atoms with Gasteiger partial charge in [-0.15, -0.1) is 0 Å². The lowest BCUT2D eigenvalue weighted by Gasteiger charge is -2.61. The molecule has 4 aliphatic carbocycles. The molecule has 0 saturated heterocycles. The smallest absolute Gasteiger partial charge is 0.293 e. The number of carbonyl (C=O) groups is 1. The molecule has 2 fully saturated rings. The van der Waals surface area contributed by atoms with Crippen LogP contribution in [0.3, 0.4) is 0 Å². The van der Waals surface area contributed by atoms with Crippen LogP contribution < -0.4 is 0 Å². The molecule has 2 N–H and O–H groups in total. The summed E-state index contributed by atoms with van der Waals surface area (Å²) in [6.07, 6.45) is 9.66. The molecule has 2 saturated carbocycles. The molecule has 0 aliphatic heterocycles. The van der Waals surface area contributed by atoms with Crippen molar-refractivity contribution < 1.29 is 19.7 Å². The molecule has 196 valence electrons. The maximum atomic E-state index is 11.7. The molecule has 35 heavy (non-hydrogen) atoms. The van der Waals surface area contributed by atoms with Gasteiger partial charge in [-0.1, -0.05) is 72.8 Å². The summed E-state index contributed by atoms with van der Waals surface area (Å²) >= 11 is 0. The fourth-order valence-electron chi connectivity index (χ4n) is 8.69. The van der Waals surface area contributed by atoms with Crippen LogP contribution in [0.2, 0.25) is 0 Å². The first-order valence-corrected chi connectivity index (χ1v) is 13.8. The highest BCUT2D eigenvalue weighted by molar-refractivity contribution is 5.51. The Balaban J connectivity index is 1.71. The summed E-state index contributed by atoms with van der Waals surface area (Å²) < 4.78 is 5.74. The van der Waals surface area contributed by atoms with E-state index in [-0.39, 0.29) is 34.4 Å². The number of hydrogen-bond donors (Lipinski definition) is 2. The fourth-order valence-corrected chi connectivity index (χ4v) is 8.69. The number of aliphatic hydroxyl groups is 2. The second-order valence-electron chi connectivity index (χ2n) is 13.6. The number of fused-ring (bicyclic) bond motifs is 5. The Kier molecular flexibility index (Phi) is 6.76. The monoisotopic (exact) mass is 484 g/mol. The van der Waals surface area contributed by atoms with Crippen molar-refractivity contribution in [3.8, 4) is 0 Å². The van der Waals surface area contributed by atoms with Gasteiger partial charge in [-0.25, -0.2) is 0 Å². The van der Waals surface area contributed by atoms with Gasteiger partial charge in [0.2, 0.25) is 0 Å². The molecule has 4 heteroatoms. The Bertz CT molecular complexity index is 928. The second kappa shape index (κ2) is 8.87. The lowest BCUT2D eigenvalue weighted by molar-refractivity contribution is -0.140. The summed E-state index contributed by atoms with van der Waals surface area (Å²) in [5.74, 6) is 0.868. The molecular formula is C31H48O4. The Morgan fingerprint density at radius 2 is 1.83 bits per heavy atom. The van der Waals surface area contributed by atoms with Gasteiger partial charge >= 0.3 is 0 Å². The van der Waals surface area contributed by atoms with E-state index in [0.29, 0.717) is 24.7 Å². The Labute approximate surface area is 212 Å². The molecule has 0 heterocycles. The van der Waals surface area contributed by atoms with E-state index in [1.54, 1.807) is 0 Å². The number of ether oxygens (including phenoxy) is 1. The zero-order valence-corrected chi connectivity index (χ0v) is 23.1. The highest BCUT2D eigenvalue weighted by atomic mass is 16.5. The molecule has 4 aliphatic rings. The summed E-state index contributed by atoms with van der Waals surface area (Å²) in [5, 5.41) is 22.5. The summed E-state index contributed by atoms with van der Waals surface area (Å²) in [5.41, 5.74) is 3.14. The summed E-state index contributed by atoms with van der Waals surface area (Å²) in [6.45, 7) is 20.5. The Hall–Kier alpha value is -1.39. The molecule has 1 unspecified atom stereocenters. The molecule has 0 spiro atoms. The van der Waals surface area contributed by atoms with Crippen molar-refractivity contribution in [2.24, 2.45) is 39.4 Å². The molecule has 0 aromatic carbocycles. The number of hydrogen-bond acceptors (Lipinski definition) is 4. The van der Waals surface area contributed by atoms with Crippen molar-refractivity contribution in [2.45, 2.75) is 112 Å². The van der Waals surface area contributed by atoms with Crippen LogP contribution in [-0.2, 0) is 9.53 Å². The van der Waals surface area contributed by atoms with Crippen molar-refractivity contribution >= 4 is 6.47 Å². The van der Waals surface area contributed by atoms with E-state index in [1.807, 2.05) is 0 Å². The van der Waals surface area contributed by atoms with E-state index in [2.05, 4.69) is 67.2 Å². The number of rotatable bonds is 7. The highest BCUT2D eigenvalue weighted by Gasteiger charge is 2.67. The maximum absolute atomic E-state index is 11.7. The van der Waals surface area contributed by atoms with Crippen molar-refractivity contribution in [3.63, 3.8) is 0 Å². The molecule has 8 atom stereocenters. The SMILES string of the molecule is C=C(CCC(OC=O)[C@H]1C[C@H](O)[C@@]2(C)C3=CC[C@H]4C(C)(C)[C@@H](O)CC[C@]4(C)C3=CC[C@]12C)C(C)C. The summed E-state index contributed by atoms with van der Waals surface area (Å²) in [6, 6.07) is 0. The first-order chi connectivity index (χ1) is 16.2. The van der Waals surface area contributed by atoms with Crippen LogP contribution in [0, 0.1) is 39.4 Å². The van der Waals surface area contributed by atoms with Crippen LogP contribution in [-0.4, -0.2) is 35.0 Å². The van der Waals surface area contributed by atoms with Crippen LogP contribution in [0.25, 0.3) is 0 Å². The third-order valence-electron chi connectivity index (χ3n) is 11.6. The van der Waals surface area contributed by atoms with Gasteiger partial charge in [-0.3, -0.25) is 4.79 Å². The lowest BCUT2D eigenvalue weighted by Crippen LogP contribution is -2.56. The van der Waals surface area contributed by atoms with Crippen molar-refractivity contribution in [1.29, 1.82) is 0 Å². The number of aliphatic hydroxyl groups excluding tert-OH is 2. The van der Waals surface area contributed by atoms with E-state index in [0.717, 1.165) is 38.5 Å². The van der Waals surface area contributed by atoms with E-state index in [9.17, 15) is 15.0 Å². The van der Waals surface area contributed by atoms with E-state index in [1.165, 1.54) is 16.7 Å². The van der Waals surface area contributed by atoms with Gasteiger partial charge in [0, 0.05) is 11.3 Å². The number of carbonyl (C=O) groups excluding carboxylic acids is 1. The predicted molar refractivity (Wildman–Crippen MR) is 140 cm³/mol. The van der Waals surface area contributed by atoms with Crippen LogP contribution in [0.4, 0.5) is 0 Å². The first kappa shape index (κ1) is 26.7. The standard InChI is InChI=1S/C31H48O4/c1-19(2)20(3)9-11-24(35-18-32)23-17-27(34)31(8)22-10-12-25-28(4,5)26(33)14-15-29(25,6)21(22)13-16-30(23,31)7/h10,13,18-19,23-27,33-34H,3,9,11-12,14-17H2,1-2,4-8H3/t23-,24?,25+,26+,27+,29-,30-,31-/m1/s1. The molecular weight excluding hydrogens is 436 g/mol. The third-order valence-corrected chi connectivity index (χ3v) is 11.6. The maximum Gasteiger partial charge on any atom is 0.293 e. The normalized spacial score (nSPS) is 42.8. The predicted octanol–water partition coefficient (Wildman–Crippen LogP) is 6.38. The van der Waals surface area contributed by atoms with Crippen LogP contribution in [0.15, 0.2) is 35.5 Å². The van der Waals surface area contributed by atoms with E-state index >= 15 is 0 Å². The first-order valence-electron chi connectivity index (χ1n) is 13.8. The van der Waals surface area contributed by atoms with Crippen molar-refractivity contribution in [1.82, 2.24) is 0 Å². The van der Waals surface area contributed by atoms with Gasteiger partial charge in [0.25, 0.3) is 6.47 Å². The lowest BCUT2D eigenvalue weighted by atomic mass is 9.44. The minimum Gasteiger partial charge on any atom is -0.464 e. The Morgan fingerprint density at radius 3 is 2.46 bits per heavy atom. The molecule has 0 aromatic heterocycles. The summed E-state index contributed by atoms with van der Waals surface area (Å²) in [4.78, 5) is 11.5. The topological polar surface area (TPSA) is 66.8 Å². The van der Waals surface area contributed by atoms with Gasteiger partial charge in [0.15, 0.2) is 0 Å². The number of allylic oxidation sites excluding steroid dienone is 4. The van der Waals surface area contributed by atoms with E-state index in [4.69, 9.17) is 4.74 Å². The molecule has 0 aromatic rings. The third kappa shape index (κ3) is 3.72. The highest BCUT2D eigenvalue weighted by Crippen LogP contribution is 2.71. The zero-order valence-electron chi connectivity index (χ0n) is 23.1. The quantitative estimate of drug-likeness (QED) is 0.325. The molecule has 0 radical (unpaired) electrons. The van der Waals surface area contributed by atoms with Crippen molar-refractivity contribution in [3.05, 3.63) is 35.5 Å². The molecule has 0 amide bonds. The van der Waals surface area contributed by atoms with Gasteiger partial charge in [0.1, 0.15) is 6.10 Å². The summed E-state index contributed by atoms with van der Waals surface area (Å²) in [7, 11) is 0. The van der Waals surface area contributed by atoms with Gasteiger partial charge < -0.3 is 14.9 Å². The van der Waals surface area contributed by atoms with E-state index < -0.39 is 11.5 Å². The minimum atomic E-state index is -0.485. The molecule has 4 rings (SSSR count). The largest absolute Gasteiger partial charge is 0.464 e. The van der Waals surface area contributed by atoms with Crippen LogP contribution >= 0.6 is 0 Å². The molecule has 0 bridgehead atoms. The average Bonchev–Trinajstić information content (AvgIpc) is 3.00. The average molecular weight is 485 g/mol. The van der Waals surface area contributed by atoms with Gasteiger partial charge in [-0.05, 0) is 84.2 Å². The second-order valence-corrected chi connectivity index (χ2v) is 13.6. The van der Waals surface area contributed by atoms with Gasteiger partial charge in [0.05, 0.1) is 12.2 Å². The minimum absolute atomic E-state index is 0.00264. The molecule has 4 nitrogen and oxygen atoms in total.